The summed E-state index contributed by atoms with van der Waals surface area (Å²) in [6.07, 6.45) is -1.30. The van der Waals surface area contributed by atoms with Crippen molar-refractivity contribution in [2.24, 2.45) is 0 Å². The fraction of sp³-hybridized carbons (Fsp3) is 0.750. The predicted octanol–water partition coefficient (Wildman–Crippen LogP) is 0.452. The van der Waals surface area contributed by atoms with Gasteiger partial charge < -0.3 is 22.7 Å². The molecule has 4 nitrogen and oxygen atoms in total. The van der Waals surface area contributed by atoms with Crippen LogP contribution in [0.3, 0.4) is 0 Å². The summed E-state index contributed by atoms with van der Waals surface area (Å²) >= 11 is 0. The third kappa shape index (κ3) is 2.90. The van der Waals surface area contributed by atoms with Crippen LogP contribution in [0.2, 0.25) is 0 Å². The number of hydrogen-bond acceptors (Lipinski definition) is 2. The molecule has 0 aliphatic carbocycles. The molecule has 92 valence electrons. The van der Waals surface area contributed by atoms with Crippen molar-refractivity contribution in [1.29, 1.82) is 0 Å². The number of piperazine rings is 1. The van der Waals surface area contributed by atoms with E-state index in [1.807, 2.05) is 0 Å². The van der Waals surface area contributed by atoms with E-state index in [1.54, 1.807) is 13.8 Å². The highest BCUT2D eigenvalue weighted by molar-refractivity contribution is 6.59. The molecule has 0 aromatic carbocycles. The Morgan fingerprint density at radius 3 is 2.19 bits per heavy atom. The van der Waals surface area contributed by atoms with Gasteiger partial charge >= 0.3 is 18.8 Å². The van der Waals surface area contributed by atoms with E-state index in [1.165, 1.54) is 4.90 Å². The molecule has 0 atom stereocenters. The maximum atomic E-state index is 12.1. The molecule has 1 saturated heterocycles. The molecular weight excluding hydrogens is 224 g/mol. The molecule has 0 bridgehead atoms. The quantitative estimate of drug-likeness (QED) is 0.528. The van der Waals surface area contributed by atoms with E-state index in [2.05, 4.69) is 0 Å². The molecule has 16 heavy (non-hydrogen) atoms. The van der Waals surface area contributed by atoms with Crippen LogP contribution in [0.4, 0.5) is 12.9 Å². The van der Waals surface area contributed by atoms with E-state index in [9.17, 15) is 22.5 Å². The summed E-state index contributed by atoms with van der Waals surface area (Å²) in [7, 11) is 0. The van der Waals surface area contributed by atoms with Crippen LogP contribution in [-0.4, -0.2) is 54.2 Å². The van der Waals surface area contributed by atoms with Gasteiger partial charge in [-0.15, -0.1) is 0 Å². The molecule has 0 aromatic heterocycles. The molecule has 1 fully saturated rings. The van der Waals surface area contributed by atoms with Crippen LogP contribution in [0.15, 0.2) is 0 Å². The number of halogens is 3. The standard InChI is InChI=1S/C8H13BF3N2O2/c1-6(2)14-4-3-13(5-9(10,11)12)7(15)8(14)16/h6H,3-5H2,1-2H3/q-1. The fourth-order valence-electron chi connectivity index (χ4n) is 1.61. The lowest BCUT2D eigenvalue weighted by atomic mass is 9.90. The molecular formula is C8H13BF3N2O2-. The van der Waals surface area contributed by atoms with Crippen LogP contribution in [-0.2, 0) is 9.59 Å². The van der Waals surface area contributed by atoms with E-state index in [-0.39, 0.29) is 19.1 Å². The van der Waals surface area contributed by atoms with E-state index in [0.717, 1.165) is 0 Å². The van der Waals surface area contributed by atoms with Crippen LogP contribution in [0, 0.1) is 0 Å². The molecule has 0 N–H and O–H groups in total. The summed E-state index contributed by atoms with van der Waals surface area (Å²) in [6.45, 7) is -1.54. The number of nitrogens with zero attached hydrogens (tertiary/aromatic N) is 2. The minimum absolute atomic E-state index is 0.0516. The normalized spacial score (nSPS) is 18.6. The monoisotopic (exact) mass is 237 g/mol. The van der Waals surface area contributed by atoms with Crippen LogP contribution < -0.4 is 0 Å². The van der Waals surface area contributed by atoms with Gasteiger partial charge in [0.2, 0.25) is 0 Å². The topological polar surface area (TPSA) is 40.6 Å². The minimum atomic E-state index is -5.08. The Hall–Kier alpha value is -1.21. The van der Waals surface area contributed by atoms with Gasteiger partial charge in [0.25, 0.3) is 0 Å². The van der Waals surface area contributed by atoms with E-state index in [4.69, 9.17) is 0 Å². The molecule has 1 rings (SSSR count). The van der Waals surface area contributed by atoms with Crippen molar-refractivity contribution in [3.05, 3.63) is 0 Å². The smallest absolute Gasteiger partial charge is 0.448 e. The number of amides is 2. The largest absolute Gasteiger partial charge is 0.497 e. The van der Waals surface area contributed by atoms with Crippen molar-refractivity contribution in [3.63, 3.8) is 0 Å². The second-order valence-corrected chi connectivity index (χ2v) is 4.05. The average Bonchev–Trinajstić information content (AvgIpc) is 2.10. The first-order valence-electron chi connectivity index (χ1n) is 5.03. The third-order valence-electron chi connectivity index (χ3n) is 2.39. The van der Waals surface area contributed by atoms with Crippen molar-refractivity contribution in [3.8, 4) is 0 Å². The Labute approximate surface area is 91.4 Å². The number of carbonyl (C=O) groups excluding carboxylic acids is 2. The molecule has 1 aliphatic rings. The maximum absolute atomic E-state index is 12.1. The number of hydrogen-bond donors (Lipinski definition) is 0. The Morgan fingerprint density at radius 1 is 1.19 bits per heavy atom. The summed E-state index contributed by atoms with van der Waals surface area (Å²) in [6, 6.07) is -0.171. The van der Waals surface area contributed by atoms with Gasteiger partial charge in [0.1, 0.15) is 0 Å². The Kier molecular flexibility index (Phi) is 3.49. The molecule has 0 radical (unpaired) electrons. The summed E-state index contributed by atoms with van der Waals surface area (Å²) in [4.78, 5) is 24.7. The molecule has 2 amide bonds. The zero-order valence-corrected chi connectivity index (χ0v) is 9.12. The fourth-order valence-corrected chi connectivity index (χ4v) is 1.61. The highest BCUT2D eigenvalue weighted by atomic mass is 19.4. The van der Waals surface area contributed by atoms with Gasteiger partial charge in [0, 0.05) is 19.1 Å². The van der Waals surface area contributed by atoms with Crippen LogP contribution in [0.5, 0.6) is 0 Å². The molecule has 0 saturated carbocycles. The molecule has 1 heterocycles. The summed E-state index contributed by atoms with van der Waals surface area (Å²) in [5.41, 5.74) is 0. The van der Waals surface area contributed by atoms with Gasteiger partial charge in [-0.2, -0.15) is 0 Å². The van der Waals surface area contributed by atoms with Crippen molar-refractivity contribution in [2.45, 2.75) is 19.9 Å². The van der Waals surface area contributed by atoms with Gasteiger partial charge in [-0.3, -0.25) is 9.59 Å². The lowest BCUT2D eigenvalue weighted by molar-refractivity contribution is -0.156. The maximum Gasteiger partial charge on any atom is 0.497 e. The average molecular weight is 237 g/mol. The van der Waals surface area contributed by atoms with Gasteiger partial charge in [-0.25, -0.2) is 0 Å². The van der Waals surface area contributed by atoms with Gasteiger partial charge in [-0.1, -0.05) is 0 Å². The molecule has 0 spiro atoms. The number of carbonyl (C=O) groups is 2. The van der Waals surface area contributed by atoms with Gasteiger partial charge in [-0.05, 0) is 20.3 Å². The van der Waals surface area contributed by atoms with Crippen molar-refractivity contribution in [2.75, 3.05) is 19.5 Å². The van der Waals surface area contributed by atoms with Crippen LogP contribution in [0.1, 0.15) is 13.8 Å². The SMILES string of the molecule is CC(C)N1CCN(C[B-](F)(F)F)C(=O)C1=O. The van der Waals surface area contributed by atoms with Gasteiger partial charge in [0.05, 0.1) is 0 Å². The van der Waals surface area contributed by atoms with Crippen molar-refractivity contribution >= 4 is 18.8 Å². The predicted molar refractivity (Wildman–Crippen MR) is 52.5 cm³/mol. The summed E-state index contributed by atoms with van der Waals surface area (Å²) in [5.74, 6) is -1.90. The third-order valence-corrected chi connectivity index (χ3v) is 2.39. The Morgan fingerprint density at radius 2 is 1.75 bits per heavy atom. The first kappa shape index (κ1) is 12.9. The van der Waals surface area contributed by atoms with E-state index < -0.39 is 25.2 Å². The van der Waals surface area contributed by atoms with Crippen molar-refractivity contribution < 1.29 is 22.5 Å². The van der Waals surface area contributed by atoms with E-state index in [0.29, 0.717) is 4.90 Å². The lowest BCUT2D eigenvalue weighted by Gasteiger charge is -2.37. The zero-order valence-electron chi connectivity index (χ0n) is 9.12. The minimum Gasteiger partial charge on any atom is -0.448 e. The molecule has 8 heteroatoms. The van der Waals surface area contributed by atoms with E-state index >= 15 is 0 Å². The second-order valence-electron chi connectivity index (χ2n) is 4.05. The first-order valence-corrected chi connectivity index (χ1v) is 5.03. The summed E-state index contributed by atoms with van der Waals surface area (Å²) < 4.78 is 36.4. The number of rotatable bonds is 3. The molecule has 0 aromatic rings. The highest BCUT2D eigenvalue weighted by Gasteiger charge is 2.37. The Balaban J connectivity index is 2.69. The molecule has 0 unspecified atom stereocenters. The van der Waals surface area contributed by atoms with Crippen molar-refractivity contribution in [1.82, 2.24) is 9.80 Å². The lowest BCUT2D eigenvalue weighted by Crippen LogP contribution is -2.58. The van der Waals surface area contributed by atoms with Crippen LogP contribution in [0.25, 0.3) is 0 Å². The zero-order chi connectivity index (χ0) is 12.5. The Bertz CT molecular complexity index is 306. The first-order chi connectivity index (χ1) is 7.22. The highest BCUT2D eigenvalue weighted by Crippen LogP contribution is 2.15. The molecule has 1 aliphatic heterocycles. The summed E-state index contributed by atoms with van der Waals surface area (Å²) in [5, 5.41) is 0. The van der Waals surface area contributed by atoms with Crippen LogP contribution >= 0.6 is 0 Å². The van der Waals surface area contributed by atoms with Gasteiger partial charge in [0.15, 0.2) is 0 Å². The second kappa shape index (κ2) is 4.35.